The zero-order valence-electron chi connectivity index (χ0n) is 24.1. The third-order valence-electron chi connectivity index (χ3n) is 8.81. The van der Waals surface area contributed by atoms with Crippen LogP contribution >= 0.6 is 6.89 Å². The van der Waals surface area contributed by atoms with Crippen LogP contribution in [0.15, 0.2) is 176 Å². The summed E-state index contributed by atoms with van der Waals surface area (Å²) < 4.78 is 0. The lowest BCUT2D eigenvalue weighted by atomic mass is 9.88. The van der Waals surface area contributed by atoms with E-state index in [0.717, 1.165) is 16.4 Å². The summed E-state index contributed by atoms with van der Waals surface area (Å²) in [5.74, 6) is 0.0729. The number of carbonyl (C=O) groups is 1. The molecular formula is C42H29OP. The molecule has 1 aliphatic heterocycles. The summed E-state index contributed by atoms with van der Waals surface area (Å²) >= 11 is 0. The first-order chi connectivity index (χ1) is 21.8. The van der Waals surface area contributed by atoms with Crippen LogP contribution in [0.1, 0.15) is 21.5 Å². The highest BCUT2D eigenvalue weighted by atomic mass is 31.2. The van der Waals surface area contributed by atoms with Crippen molar-refractivity contribution in [2.75, 3.05) is 0 Å². The van der Waals surface area contributed by atoms with E-state index in [2.05, 4.69) is 146 Å². The number of hydrogen-bond donors (Lipinski definition) is 0. The summed E-state index contributed by atoms with van der Waals surface area (Å²) in [6.45, 7) is -2.59. The maximum atomic E-state index is 15.0. The molecule has 0 saturated carbocycles. The van der Waals surface area contributed by atoms with Crippen LogP contribution in [0.25, 0.3) is 27.1 Å². The van der Waals surface area contributed by atoms with E-state index in [-0.39, 0.29) is 5.78 Å². The Morgan fingerprint density at radius 1 is 0.455 bits per heavy atom. The lowest BCUT2D eigenvalue weighted by Crippen LogP contribution is -2.36. The average Bonchev–Trinajstić information content (AvgIpc) is 3.11. The Balaban J connectivity index is 1.59. The standard InChI is InChI=1S/C42H29OP/c43-42(30-16-4-1-5-17-30)41-29-39(38-28-31-18-10-11-23-34(31)35-24-12-13-25-36(35)38)37-26-14-15-27-40(37)44(41,32-19-6-2-7-20-32)33-21-8-3-9-22-33/h1-29H. The highest BCUT2D eigenvalue weighted by molar-refractivity contribution is 7.97. The zero-order chi connectivity index (χ0) is 29.5. The van der Waals surface area contributed by atoms with Crippen molar-refractivity contribution in [3.05, 3.63) is 193 Å². The summed E-state index contributed by atoms with van der Waals surface area (Å²) in [5, 5.41) is 9.24. The molecule has 0 radical (unpaired) electrons. The minimum absolute atomic E-state index is 0.0729. The van der Waals surface area contributed by atoms with Gasteiger partial charge in [0.25, 0.3) is 0 Å². The van der Waals surface area contributed by atoms with Gasteiger partial charge in [0.2, 0.25) is 0 Å². The van der Waals surface area contributed by atoms with Crippen LogP contribution in [-0.2, 0) is 0 Å². The van der Waals surface area contributed by atoms with E-state index < -0.39 is 6.89 Å². The molecule has 7 aromatic carbocycles. The van der Waals surface area contributed by atoms with Crippen molar-refractivity contribution < 1.29 is 4.79 Å². The Morgan fingerprint density at radius 2 is 0.977 bits per heavy atom. The molecule has 0 N–H and O–H groups in total. The summed E-state index contributed by atoms with van der Waals surface area (Å²) in [6, 6.07) is 59.4. The average molecular weight is 581 g/mol. The van der Waals surface area contributed by atoms with Gasteiger partial charge in [-0.3, -0.25) is 4.79 Å². The van der Waals surface area contributed by atoms with E-state index in [0.29, 0.717) is 5.56 Å². The second kappa shape index (κ2) is 10.8. The number of allylic oxidation sites excluding steroid dienone is 1. The Labute approximate surface area is 257 Å². The molecule has 2 heteroatoms. The molecular weight excluding hydrogens is 551 g/mol. The van der Waals surface area contributed by atoms with Gasteiger partial charge in [0, 0.05) is 10.9 Å². The van der Waals surface area contributed by atoms with Crippen LogP contribution in [-0.4, -0.2) is 11.1 Å². The first-order valence-corrected chi connectivity index (χ1v) is 16.8. The van der Waals surface area contributed by atoms with E-state index in [9.17, 15) is 4.79 Å². The minimum Gasteiger partial charge on any atom is -0.289 e. The number of benzene rings is 7. The molecule has 0 aliphatic carbocycles. The maximum absolute atomic E-state index is 15.0. The molecule has 1 aliphatic rings. The van der Waals surface area contributed by atoms with Crippen molar-refractivity contribution >= 4 is 61.0 Å². The Morgan fingerprint density at radius 3 is 1.66 bits per heavy atom. The van der Waals surface area contributed by atoms with Crippen LogP contribution in [0.4, 0.5) is 0 Å². The van der Waals surface area contributed by atoms with E-state index in [1.807, 2.05) is 30.3 Å². The zero-order valence-corrected chi connectivity index (χ0v) is 25.0. The van der Waals surface area contributed by atoms with Crippen molar-refractivity contribution in [3.63, 3.8) is 0 Å². The number of carbonyl (C=O) groups excluding carboxylic acids is 1. The van der Waals surface area contributed by atoms with Crippen LogP contribution < -0.4 is 15.9 Å². The van der Waals surface area contributed by atoms with Gasteiger partial charge in [-0.2, -0.15) is 0 Å². The van der Waals surface area contributed by atoms with Gasteiger partial charge in [0.05, 0.1) is 0 Å². The Hall–Kier alpha value is -5.23. The first-order valence-electron chi connectivity index (χ1n) is 15.0. The van der Waals surface area contributed by atoms with E-state index in [1.165, 1.54) is 43.0 Å². The lowest BCUT2D eigenvalue weighted by molar-refractivity contribution is 0.106. The second-order valence-corrected chi connectivity index (χ2v) is 14.5. The Bertz CT molecular complexity index is 2240. The van der Waals surface area contributed by atoms with E-state index in [4.69, 9.17) is 0 Å². The molecule has 8 rings (SSSR count). The van der Waals surface area contributed by atoms with Crippen molar-refractivity contribution in [3.8, 4) is 0 Å². The van der Waals surface area contributed by atoms with Gasteiger partial charge >= 0.3 is 0 Å². The summed E-state index contributed by atoms with van der Waals surface area (Å²) in [7, 11) is 0. The van der Waals surface area contributed by atoms with Crippen LogP contribution in [0, 0.1) is 0 Å². The van der Waals surface area contributed by atoms with Gasteiger partial charge in [-0.05, 0) is 73.2 Å². The minimum atomic E-state index is -2.59. The van der Waals surface area contributed by atoms with Crippen molar-refractivity contribution in [2.24, 2.45) is 0 Å². The monoisotopic (exact) mass is 580 g/mol. The van der Waals surface area contributed by atoms with Crippen molar-refractivity contribution in [2.45, 2.75) is 0 Å². The van der Waals surface area contributed by atoms with E-state index >= 15 is 0 Å². The molecule has 1 nitrogen and oxygen atoms in total. The number of hydrogen-bond acceptors (Lipinski definition) is 1. The van der Waals surface area contributed by atoms with Gasteiger partial charge in [-0.1, -0.05) is 164 Å². The van der Waals surface area contributed by atoms with E-state index in [1.54, 1.807) is 0 Å². The topological polar surface area (TPSA) is 17.1 Å². The summed E-state index contributed by atoms with van der Waals surface area (Å²) in [6.07, 6.45) is 2.24. The Kier molecular flexibility index (Phi) is 6.48. The fourth-order valence-electron chi connectivity index (χ4n) is 6.90. The third-order valence-corrected chi connectivity index (χ3v) is 13.1. The molecule has 1 heterocycles. The predicted octanol–water partition coefficient (Wildman–Crippen LogP) is 8.79. The first kappa shape index (κ1) is 26.4. The number of fused-ring (bicyclic) bond motifs is 4. The molecule has 0 aromatic heterocycles. The smallest absolute Gasteiger partial charge is 0.194 e. The molecule has 0 amide bonds. The van der Waals surface area contributed by atoms with Crippen molar-refractivity contribution in [1.29, 1.82) is 0 Å². The SMILES string of the molecule is O=C(C1=P(c2ccccc2)(c2ccccc2)c2ccccc2C(c2cc3ccccc3c3ccccc23)=C1)c1ccccc1. The highest BCUT2D eigenvalue weighted by Gasteiger charge is 2.37. The molecule has 0 unspecified atom stereocenters. The molecule has 0 saturated heterocycles. The fraction of sp³-hybridized carbons (Fsp3) is 0. The van der Waals surface area contributed by atoms with Crippen LogP contribution in [0.3, 0.4) is 0 Å². The molecule has 0 spiro atoms. The van der Waals surface area contributed by atoms with Gasteiger partial charge in [0.1, 0.15) is 0 Å². The van der Waals surface area contributed by atoms with Gasteiger partial charge < -0.3 is 0 Å². The van der Waals surface area contributed by atoms with Crippen LogP contribution in [0.5, 0.6) is 0 Å². The number of rotatable bonds is 5. The second-order valence-electron chi connectivity index (χ2n) is 11.2. The van der Waals surface area contributed by atoms with Crippen molar-refractivity contribution in [1.82, 2.24) is 0 Å². The summed E-state index contributed by atoms with van der Waals surface area (Å²) in [5.41, 5.74) is 4.11. The molecule has 208 valence electrons. The highest BCUT2D eigenvalue weighted by Crippen LogP contribution is 2.52. The summed E-state index contributed by atoms with van der Waals surface area (Å²) in [4.78, 5) is 15.0. The fourth-order valence-corrected chi connectivity index (χ4v) is 11.4. The molecule has 0 bridgehead atoms. The molecule has 0 fully saturated rings. The normalized spacial score (nSPS) is 13.8. The maximum Gasteiger partial charge on any atom is 0.194 e. The quantitative estimate of drug-likeness (QED) is 0.113. The predicted molar refractivity (Wildman–Crippen MR) is 189 cm³/mol. The van der Waals surface area contributed by atoms with Gasteiger partial charge in [-0.15, -0.1) is 0 Å². The largest absolute Gasteiger partial charge is 0.289 e. The third kappa shape index (κ3) is 4.05. The van der Waals surface area contributed by atoms with Gasteiger partial charge in [0.15, 0.2) is 5.78 Å². The van der Waals surface area contributed by atoms with Gasteiger partial charge in [-0.25, -0.2) is 0 Å². The molecule has 0 atom stereocenters. The number of ketones is 1. The molecule has 44 heavy (non-hydrogen) atoms. The lowest BCUT2D eigenvalue weighted by Gasteiger charge is -2.37. The van der Waals surface area contributed by atoms with Crippen LogP contribution in [0.2, 0.25) is 0 Å². The molecule has 7 aromatic rings. The number of Topliss-reactive ketones (excluding diaryl/α,β-unsaturated/α-hetero) is 1.